The van der Waals surface area contributed by atoms with E-state index in [9.17, 15) is 0 Å². The van der Waals surface area contributed by atoms with Crippen molar-refractivity contribution in [3.63, 3.8) is 0 Å². The van der Waals surface area contributed by atoms with Crippen molar-refractivity contribution in [3.8, 4) is 5.75 Å². The maximum Gasteiger partial charge on any atom is 0.122 e. The molecule has 1 aliphatic heterocycles. The van der Waals surface area contributed by atoms with Crippen molar-refractivity contribution in [2.24, 2.45) is 18.7 Å². The first-order chi connectivity index (χ1) is 10.1. The fourth-order valence-electron chi connectivity index (χ4n) is 2.92. The highest BCUT2D eigenvalue weighted by atomic mass is 79.9. The van der Waals surface area contributed by atoms with E-state index < -0.39 is 0 Å². The number of aromatic nitrogens is 2. The van der Waals surface area contributed by atoms with Gasteiger partial charge in [0, 0.05) is 25.4 Å². The molecule has 0 amide bonds. The Morgan fingerprint density at radius 3 is 2.95 bits per heavy atom. The van der Waals surface area contributed by atoms with Crippen LogP contribution in [-0.4, -0.2) is 22.4 Å². The number of rotatable bonds is 3. The van der Waals surface area contributed by atoms with Gasteiger partial charge in [-0.3, -0.25) is 4.68 Å². The van der Waals surface area contributed by atoms with Crippen LogP contribution in [0.3, 0.4) is 0 Å². The lowest BCUT2D eigenvalue weighted by atomic mass is 9.88. The van der Waals surface area contributed by atoms with E-state index in [1.54, 1.807) is 0 Å². The Morgan fingerprint density at radius 2 is 2.24 bits per heavy atom. The molecule has 0 spiro atoms. The summed E-state index contributed by atoms with van der Waals surface area (Å²) in [5.74, 6) is 1.33. The zero-order valence-electron chi connectivity index (χ0n) is 12.3. The van der Waals surface area contributed by atoms with E-state index in [1.165, 1.54) is 5.56 Å². The number of hydrogen-bond acceptors (Lipinski definition) is 3. The maximum absolute atomic E-state index is 6.44. The monoisotopic (exact) mass is 349 g/mol. The minimum atomic E-state index is 0.0597. The topological polar surface area (TPSA) is 53.1 Å². The van der Waals surface area contributed by atoms with Crippen LogP contribution in [0.4, 0.5) is 0 Å². The fraction of sp³-hybridized carbons (Fsp3) is 0.438. The second-order valence-electron chi connectivity index (χ2n) is 5.72. The molecule has 0 fully saturated rings. The summed E-state index contributed by atoms with van der Waals surface area (Å²) in [4.78, 5) is 0. The van der Waals surface area contributed by atoms with Crippen LogP contribution in [0.25, 0.3) is 0 Å². The summed E-state index contributed by atoms with van der Waals surface area (Å²) in [6.07, 6.45) is 1.78. The first-order valence-electron chi connectivity index (χ1n) is 7.20. The van der Waals surface area contributed by atoms with Gasteiger partial charge in [-0.1, -0.05) is 18.2 Å². The lowest BCUT2D eigenvalue weighted by Crippen LogP contribution is -2.39. The first kappa shape index (κ1) is 14.6. The third-order valence-electron chi connectivity index (χ3n) is 4.20. The van der Waals surface area contributed by atoms with E-state index in [1.807, 2.05) is 30.8 Å². The van der Waals surface area contributed by atoms with Gasteiger partial charge in [-0.25, -0.2) is 0 Å². The summed E-state index contributed by atoms with van der Waals surface area (Å²) < 4.78 is 8.83. The molecule has 3 rings (SSSR count). The molecule has 1 aromatic heterocycles. The third-order valence-corrected chi connectivity index (χ3v) is 5.24. The summed E-state index contributed by atoms with van der Waals surface area (Å²) >= 11 is 3.61. The standard InChI is InChI=1S/C16H20BrN3O/c1-10-16(17)14(20(2)19-10)8-13(18)12-7-11-5-3-4-6-15(11)21-9-12/h3-6,12-13H,7-9,18H2,1-2H3. The zero-order chi connectivity index (χ0) is 15.0. The van der Waals surface area contributed by atoms with Gasteiger partial charge in [0.1, 0.15) is 5.75 Å². The van der Waals surface area contributed by atoms with E-state index in [0.717, 1.165) is 34.5 Å². The number of ether oxygens (including phenoxy) is 1. The number of nitrogens with two attached hydrogens (primary N) is 1. The molecule has 0 bridgehead atoms. The molecule has 0 aliphatic carbocycles. The van der Waals surface area contributed by atoms with E-state index >= 15 is 0 Å². The Bertz CT molecular complexity index is 653. The van der Waals surface area contributed by atoms with Crippen molar-refractivity contribution in [2.45, 2.75) is 25.8 Å². The molecule has 0 radical (unpaired) electrons. The predicted molar refractivity (Wildman–Crippen MR) is 86.5 cm³/mol. The van der Waals surface area contributed by atoms with E-state index in [2.05, 4.69) is 33.2 Å². The Labute approximate surface area is 133 Å². The van der Waals surface area contributed by atoms with Crippen LogP contribution in [0.15, 0.2) is 28.7 Å². The van der Waals surface area contributed by atoms with Gasteiger partial charge < -0.3 is 10.5 Å². The molecule has 21 heavy (non-hydrogen) atoms. The molecule has 2 N–H and O–H groups in total. The minimum Gasteiger partial charge on any atom is -0.493 e. The molecule has 0 saturated carbocycles. The number of aryl methyl sites for hydroxylation is 2. The number of hydrogen-bond donors (Lipinski definition) is 1. The Balaban J connectivity index is 1.73. The van der Waals surface area contributed by atoms with Crippen LogP contribution >= 0.6 is 15.9 Å². The van der Waals surface area contributed by atoms with Crippen molar-refractivity contribution in [2.75, 3.05) is 6.61 Å². The van der Waals surface area contributed by atoms with Gasteiger partial charge in [0.15, 0.2) is 0 Å². The second kappa shape index (κ2) is 5.81. The summed E-state index contributed by atoms with van der Waals surface area (Å²) in [5, 5.41) is 4.43. The molecule has 1 aliphatic rings. The molecule has 5 heteroatoms. The number of fused-ring (bicyclic) bond motifs is 1. The quantitative estimate of drug-likeness (QED) is 0.926. The molecule has 4 nitrogen and oxygen atoms in total. The molecule has 2 unspecified atom stereocenters. The molecular weight excluding hydrogens is 330 g/mol. The number of para-hydroxylation sites is 1. The molecule has 2 aromatic rings. The van der Waals surface area contributed by atoms with Crippen molar-refractivity contribution in [1.29, 1.82) is 0 Å². The van der Waals surface area contributed by atoms with Gasteiger partial charge in [0.25, 0.3) is 0 Å². The molecule has 2 atom stereocenters. The van der Waals surface area contributed by atoms with Gasteiger partial charge in [0.05, 0.1) is 22.5 Å². The Morgan fingerprint density at radius 1 is 1.48 bits per heavy atom. The SMILES string of the molecule is Cc1nn(C)c(CC(N)C2COc3ccccc3C2)c1Br. The molecule has 2 heterocycles. The minimum absolute atomic E-state index is 0.0597. The van der Waals surface area contributed by atoms with Crippen LogP contribution < -0.4 is 10.5 Å². The van der Waals surface area contributed by atoms with Crippen molar-refractivity contribution in [3.05, 3.63) is 45.7 Å². The van der Waals surface area contributed by atoms with Crippen LogP contribution in [0, 0.1) is 12.8 Å². The predicted octanol–water partition coefficient (Wildman–Crippen LogP) is 2.61. The molecule has 1 aromatic carbocycles. The lowest BCUT2D eigenvalue weighted by molar-refractivity contribution is 0.198. The summed E-state index contributed by atoms with van der Waals surface area (Å²) in [5.41, 5.74) is 9.85. The normalized spacial score (nSPS) is 19.0. The van der Waals surface area contributed by atoms with Crippen LogP contribution in [-0.2, 0) is 19.9 Å². The van der Waals surface area contributed by atoms with Crippen molar-refractivity contribution in [1.82, 2.24) is 9.78 Å². The van der Waals surface area contributed by atoms with Gasteiger partial charge >= 0.3 is 0 Å². The summed E-state index contributed by atoms with van der Waals surface area (Å²) in [7, 11) is 1.96. The fourth-order valence-corrected chi connectivity index (χ4v) is 3.42. The number of benzene rings is 1. The number of halogens is 1. The van der Waals surface area contributed by atoms with Gasteiger partial charge in [-0.15, -0.1) is 0 Å². The molecule has 112 valence electrons. The molecule has 0 saturated heterocycles. The van der Waals surface area contributed by atoms with Gasteiger partial charge in [-0.05, 0) is 40.9 Å². The maximum atomic E-state index is 6.44. The lowest BCUT2D eigenvalue weighted by Gasteiger charge is -2.29. The van der Waals surface area contributed by atoms with Gasteiger partial charge in [-0.2, -0.15) is 5.10 Å². The number of nitrogens with zero attached hydrogens (tertiary/aromatic N) is 2. The van der Waals surface area contributed by atoms with Crippen LogP contribution in [0.2, 0.25) is 0 Å². The highest BCUT2D eigenvalue weighted by molar-refractivity contribution is 9.10. The summed E-state index contributed by atoms with van der Waals surface area (Å²) in [6.45, 7) is 2.69. The second-order valence-corrected chi connectivity index (χ2v) is 6.51. The highest BCUT2D eigenvalue weighted by Gasteiger charge is 2.26. The zero-order valence-corrected chi connectivity index (χ0v) is 13.9. The molecular formula is C16H20BrN3O. The van der Waals surface area contributed by atoms with E-state index in [0.29, 0.717) is 12.5 Å². The van der Waals surface area contributed by atoms with Crippen LogP contribution in [0.5, 0.6) is 5.75 Å². The van der Waals surface area contributed by atoms with Gasteiger partial charge in [0.2, 0.25) is 0 Å². The van der Waals surface area contributed by atoms with Crippen molar-refractivity contribution >= 4 is 15.9 Å². The highest BCUT2D eigenvalue weighted by Crippen LogP contribution is 2.29. The summed E-state index contributed by atoms with van der Waals surface area (Å²) in [6, 6.07) is 8.27. The van der Waals surface area contributed by atoms with Crippen molar-refractivity contribution < 1.29 is 4.74 Å². The average Bonchev–Trinajstić information content (AvgIpc) is 2.73. The third kappa shape index (κ3) is 2.85. The smallest absolute Gasteiger partial charge is 0.122 e. The Hall–Kier alpha value is -1.33. The van der Waals surface area contributed by atoms with E-state index in [4.69, 9.17) is 10.5 Å². The van der Waals surface area contributed by atoms with Crippen LogP contribution in [0.1, 0.15) is 17.0 Å². The average molecular weight is 350 g/mol. The largest absolute Gasteiger partial charge is 0.493 e. The Kier molecular flexibility index (Phi) is 4.04. The van der Waals surface area contributed by atoms with E-state index in [-0.39, 0.29) is 6.04 Å². The first-order valence-corrected chi connectivity index (χ1v) is 8.00.